The van der Waals surface area contributed by atoms with Crippen molar-refractivity contribution >= 4 is 0 Å². The second kappa shape index (κ2) is 14.1. The molecule has 1 saturated carbocycles. The first-order valence-corrected chi connectivity index (χ1v) is 13.0. The van der Waals surface area contributed by atoms with E-state index in [9.17, 15) is 0 Å². The van der Waals surface area contributed by atoms with Crippen LogP contribution in [-0.4, -0.2) is 32.1 Å². The Morgan fingerprint density at radius 1 is 0.767 bits per heavy atom. The molecule has 0 aromatic heterocycles. The molecule has 0 spiro atoms. The quantitative estimate of drug-likeness (QED) is 0.246. The first kappa shape index (κ1) is 27.9. The lowest BCUT2D eigenvalue weighted by Gasteiger charge is -2.45. The Kier molecular flexibility index (Phi) is 13.1. The van der Waals surface area contributed by atoms with Gasteiger partial charge in [0, 0.05) is 18.6 Å². The van der Waals surface area contributed by atoms with Crippen molar-refractivity contribution in [1.29, 1.82) is 0 Å². The van der Waals surface area contributed by atoms with Gasteiger partial charge in [0.05, 0.1) is 13.2 Å². The SMILES string of the molecule is CCOCC(CCC(F)(CCC(C)C)CCC(C)C)(COCC)C1CCC(C)CC1. The summed E-state index contributed by atoms with van der Waals surface area (Å²) in [6.45, 7) is 18.2. The normalized spacial score (nSPS) is 21.0. The Morgan fingerprint density at radius 2 is 1.23 bits per heavy atom. The third kappa shape index (κ3) is 9.98. The molecular weight excluding hydrogens is 375 g/mol. The molecular formula is C27H53FO2. The van der Waals surface area contributed by atoms with Crippen LogP contribution >= 0.6 is 0 Å². The molecule has 0 heterocycles. The highest BCUT2D eigenvalue weighted by molar-refractivity contribution is 4.92. The topological polar surface area (TPSA) is 18.5 Å². The molecule has 0 bridgehead atoms. The van der Waals surface area contributed by atoms with Crippen LogP contribution in [0.4, 0.5) is 4.39 Å². The molecule has 0 atom stereocenters. The van der Waals surface area contributed by atoms with Gasteiger partial charge in [-0.2, -0.15) is 0 Å². The molecule has 0 aromatic rings. The van der Waals surface area contributed by atoms with Gasteiger partial charge in [0.15, 0.2) is 0 Å². The van der Waals surface area contributed by atoms with E-state index in [2.05, 4.69) is 48.5 Å². The van der Waals surface area contributed by atoms with E-state index in [1.807, 2.05) is 0 Å². The van der Waals surface area contributed by atoms with Crippen LogP contribution in [0.3, 0.4) is 0 Å². The zero-order chi connectivity index (χ0) is 22.6. The zero-order valence-corrected chi connectivity index (χ0v) is 21.4. The minimum Gasteiger partial charge on any atom is -0.381 e. The average Bonchev–Trinajstić information content (AvgIpc) is 2.71. The summed E-state index contributed by atoms with van der Waals surface area (Å²) in [7, 11) is 0. The number of hydrogen-bond acceptors (Lipinski definition) is 2. The van der Waals surface area contributed by atoms with Crippen LogP contribution in [0.2, 0.25) is 0 Å². The Bertz CT molecular complexity index is 407. The summed E-state index contributed by atoms with van der Waals surface area (Å²) in [4.78, 5) is 0. The van der Waals surface area contributed by atoms with Gasteiger partial charge in [-0.1, -0.05) is 47.5 Å². The summed E-state index contributed by atoms with van der Waals surface area (Å²) in [6.07, 6.45) is 9.91. The van der Waals surface area contributed by atoms with E-state index < -0.39 is 5.67 Å². The lowest BCUT2D eigenvalue weighted by molar-refractivity contribution is -0.0767. The van der Waals surface area contributed by atoms with E-state index in [1.165, 1.54) is 25.7 Å². The van der Waals surface area contributed by atoms with Crippen LogP contribution < -0.4 is 0 Å². The van der Waals surface area contributed by atoms with Crippen molar-refractivity contribution in [2.75, 3.05) is 26.4 Å². The van der Waals surface area contributed by atoms with Crippen molar-refractivity contribution < 1.29 is 13.9 Å². The summed E-state index contributed by atoms with van der Waals surface area (Å²) >= 11 is 0. The number of rotatable bonds is 16. The molecule has 1 fully saturated rings. The number of hydrogen-bond donors (Lipinski definition) is 0. The van der Waals surface area contributed by atoms with Gasteiger partial charge < -0.3 is 9.47 Å². The summed E-state index contributed by atoms with van der Waals surface area (Å²) in [5.41, 5.74) is -1.10. The second-order valence-corrected chi connectivity index (χ2v) is 11.1. The van der Waals surface area contributed by atoms with Crippen LogP contribution in [0, 0.1) is 29.1 Å². The maximum absolute atomic E-state index is 16.2. The van der Waals surface area contributed by atoms with Gasteiger partial charge in [-0.25, -0.2) is 4.39 Å². The number of halogens is 1. The van der Waals surface area contributed by atoms with Crippen LogP contribution in [0.25, 0.3) is 0 Å². The lowest BCUT2D eigenvalue weighted by atomic mass is 9.64. The molecule has 0 aromatic carbocycles. The Balaban J connectivity index is 3.00. The molecule has 2 nitrogen and oxygen atoms in total. The molecule has 0 saturated heterocycles. The minimum atomic E-state index is -1.06. The third-order valence-electron chi connectivity index (χ3n) is 7.48. The molecule has 180 valence electrons. The van der Waals surface area contributed by atoms with Crippen LogP contribution in [0.5, 0.6) is 0 Å². The summed E-state index contributed by atoms with van der Waals surface area (Å²) in [6, 6.07) is 0. The number of ether oxygens (including phenoxy) is 2. The molecule has 1 rings (SSSR count). The van der Waals surface area contributed by atoms with Crippen molar-refractivity contribution in [3.8, 4) is 0 Å². The van der Waals surface area contributed by atoms with Crippen molar-refractivity contribution in [2.45, 2.75) is 118 Å². The van der Waals surface area contributed by atoms with Gasteiger partial charge in [0.2, 0.25) is 0 Å². The monoisotopic (exact) mass is 428 g/mol. The molecule has 30 heavy (non-hydrogen) atoms. The maximum atomic E-state index is 16.2. The molecule has 1 aliphatic rings. The third-order valence-corrected chi connectivity index (χ3v) is 7.48. The van der Waals surface area contributed by atoms with Gasteiger partial charge in [-0.3, -0.25) is 0 Å². The van der Waals surface area contributed by atoms with Gasteiger partial charge in [-0.05, 0) is 88.9 Å². The van der Waals surface area contributed by atoms with E-state index in [0.717, 1.165) is 38.4 Å². The Labute approximate surface area is 188 Å². The predicted molar refractivity (Wildman–Crippen MR) is 128 cm³/mol. The van der Waals surface area contributed by atoms with Crippen LogP contribution in [-0.2, 0) is 9.47 Å². The van der Waals surface area contributed by atoms with Gasteiger partial charge >= 0.3 is 0 Å². The predicted octanol–water partition coefficient (Wildman–Crippen LogP) is 8.23. The maximum Gasteiger partial charge on any atom is 0.111 e. The molecule has 0 N–H and O–H groups in total. The van der Waals surface area contributed by atoms with E-state index in [1.54, 1.807) is 0 Å². The largest absolute Gasteiger partial charge is 0.381 e. The van der Waals surface area contributed by atoms with Crippen LogP contribution in [0.15, 0.2) is 0 Å². The fraction of sp³-hybridized carbons (Fsp3) is 1.00. The molecule has 1 aliphatic carbocycles. The molecule has 0 amide bonds. The standard InChI is InChI=1S/C27H53FO2/c1-8-29-20-26(21-30-9-2,25-12-10-24(7)11-13-25)18-19-27(28,16-14-22(3)4)17-15-23(5)6/h22-25H,8-21H2,1-7H3. The van der Waals surface area contributed by atoms with E-state index >= 15 is 4.39 Å². The van der Waals surface area contributed by atoms with Gasteiger partial charge in [-0.15, -0.1) is 0 Å². The Morgan fingerprint density at radius 3 is 1.63 bits per heavy atom. The number of alkyl halides is 1. The molecule has 0 radical (unpaired) electrons. The zero-order valence-electron chi connectivity index (χ0n) is 21.4. The van der Waals surface area contributed by atoms with Crippen molar-refractivity contribution in [1.82, 2.24) is 0 Å². The Hall–Kier alpha value is -0.150. The van der Waals surface area contributed by atoms with Crippen molar-refractivity contribution in [3.05, 3.63) is 0 Å². The van der Waals surface area contributed by atoms with Gasteiger partial charge in [0.25, 0.3) is 0 Å². The fourth-order valence-electron chi connectivity index (χ4n) is 5.05. The second-order valence-electron chi connectivity index (χ2n) is 11.1. The van der Waals surface area contributed by atoms with Gasteiger partial charge in [0.1, 0.15) is 5.67 Å². The summed E-state index contributed by atoms with van der Waals surface area (Å²) in [5.74, 6) is 2.51. The molecule has 0 unspecified atom stereocenters. The van der Waals surface area contributed by atoms with E-state index in [0.29, 0.717) is 50.2 Å². The average molecular weight is 429 g/mol. The molecule has 3 heteroatoms. The summed E-state index contributed by atoms with van der Waals surface area (Å²) in [5, 5.41) is 0. The summed E-state index contributed by atoms with van der Waals surface area (Å²) < 4.78 is 28.3. The van der Waals surface area contributed by atoms with Crippen molar-refractivity contribution in [3.63, 3.8) is 0 Å². The smallest absolute Gasteiger partial charge is 0.111 e. The highest BCUT2D eigenvalue weighted by atomic mass is 19.1. The van der Waals surface area contributed by atoms with Crippen LogP contribution in [0.1, 0.15) is 113 Å². The molecule has 0 aliphatic heterocycles. The van der Waals surface area contributed by atoms with Crippen molar-refractivity contribution in [2.24, 2.45) is 29.1 Å². The van der Waals surface area contributed by atoms with E-state index in [4.69, 9.17) is 9.47 Å². The minimum absolute atomic E-state index is 0.0425. The first-order valence-electron chi connectivity index (χ1n) is 13.0. The van der Waals surface area contributed by atoms with E-state index in [-0.39, 0.29) is 5.41 Å². The first-order chi connectivity index (χ1) is 14.2. The fourth-order valence-corrected chi connectivity index (χ4v) is 5.05. The lowest BCUT2D eigenvalue weighted by Crippen LogP contribution is -2.43. The highest BCUT2D eigenvalue weighted by Gasteiger charge is 2.43. The highest BCUT2D eigenvalue weighted by Crippen LogP contribution is 2.46.